The van der Waals surface area contributed by atoms with Gasteiger partial charge in [-0.3, -0.25) is 14.5 Å². The first-order valence-corrected chi connectivity index (χ1v) is 17.4. The Labute approximate surface area is 285 Å². The lowest BCUT2D eigenvalue weighted by molar-refractivity contribution is -0.141. The first kappa shape index (κ1) is 33.4. The number of fused-ring (bicyclic) bond motifs is 3. The number of ether oxygens (including phenoxy) is 2. The molecule has 0 spiro atoms. The zero-order valence-corrected chi connectivity index (χ0v) is 27.6. The van der Waals surface area contributed by atoms with Gasteiger partial charge in [-0.1, -0.05) is 42.5 Å². The molecule has 11 heteroatoms. The molecule has 49 heavy (non-hydrogen) atoms. The number of nitrogens with zero attached hydrogens (tertiary/aromatic N) is 3. The first-order valence-electron chi connectivity index (χ1n) is 17.4. The Kier molecular flexibility index (Phi) is 9.57. The van der Waals surface area contributed by atoms with Gasteiger partial charge in [0.1, 0.15) is 23.5 Å². The van der Waals surface area contributed by atoms with Crippen molar-refractivity contribution in [2.45, 2.75) is 56.2 Å². The molecule has 2 saturated heterocycles. The number of carbonyl (C=O) groups is 2. The third-order valence-electron chi connectivity index (χ3n) is 10.5. The summed E-state index contributed by atoms with van der Waals surface area (Å²) in [6.07, 6.45) is 0.589. The van der Waals surface area contributed by atoms with E-state index in [1.165, 1.54) is 0 Å². The molecule has 0 saturated carbocycles. The summed E-state index contributed by atoms with van der Waals surface area (Å²) >= 11 is 0. The maximum absolute atomic E-state index is 13.9. The van der Waals surface area contributed by atoms with Crippen LogP contribution in [0.4, 0.5) is 18.9 Å². The van der Waals surface area contributed by atoms with Gasteiger partial charge in [0, 0.05) is 68.3 Å². The molecule has 4 aliphatic rings. The fourth-order valence-corrected chi connectivity index (χ4v) is 7.91. The molecule has 2 fully saturated rings. The van der Waals surface area contributed by atoms with Gasteiger partial charge in [-0.15, -0.1) is 0 Å². The van der Waals surface area contributed by atoms with Crippen LogP contribution in [0.25, 0.3) is 0 Å². The van der Waals surface area contributed by atoms with E-state index in [0.29, 0.717) is 48.6 Å². The fraction of sp³-hybridized carbons (Fsp3) is 0.474. The summed E-state index contributed by atoms with van der Waals surface area (Å²) in [5, 5.41) is 2.20. The lowest BCUT2D eigenvalue weighted by Gasteiger charge is -2.40. The van der Waals surface area contributed by atoms with Crippen molar-refractivity contribution < 1.29 is 32.2 Å². The molecule has 260 valence electrons. The van der Waals surface area contributed by atoms with E-state index in [1.807, 2.05) is 11.0 Å². The minimum absolute atomic E-state index is 0.0837. The molecule has 7 rings (SSSR count). The van der Waals surface area contributed by atoms with Crippen LogP contribution in [0.5, 0.6) is 11.5 Å². The van der Waals surface area contributed by atoms with Crippen LogP contribution in [0.2, 0.25) is 0 Å². The van der Waals surface area contributed by atoms with E-state index in [1.54, 1.807) is 48.5 Å². The summed E-state index contributed by atoms with van der Waals surface area (Å²) < 4.78 is 51.9. The summed E-state index contributed by atoms with van der Waals surface area (Å²) in [5.74, 6) is 0.363. The predicted molar refractivity (Wildman–Crippen MR) is 180 cm³/mol. The summed E-state index contributed by atoms with van der Waals surface area (Å²) in [4.78, 5) is 34.0. The van der Waals surface area contributed by atoms with E-state index in [0.717, 1.165) is 81.8 Å². The summed E-state index contributed by atoms with van der Waals surface area (Å²) in [6, 6.07) is 20.5. The van der Waals surface area contributed by atoms with Crippen molar-refractivity contribution in [1.29, 1.82) is 0 Å². The van der Waals surface area contributed by atoms with E-state index < -0.39 is 24.0 Å². The summed E-state index contributed by atoms with van der Waals surface area (Å²) in [5.41, 5.74) is 2.74. The van der Waals surface area contributed by atoms with E-state index in [2.05, 4.69) is 27.2 Å². The van der Waals surface area contributed by atoms with Gasteiger partial charge < -0.3 is 24.6 Å². The van der Waals surface area contributed by atoms with Crippen molar-refractivity contribution in [2.24, 2.45) is 0 Å². The van der Waals surface area contributed by atoms with Crippen LogP contribution >= 0.6 is 0 Å². The molecule has 0 aromatic heterocycles. The number of carbonyl (C=O) groups excluding carboxylic acids is 2. The average Bonchev–Trinajstić information content (AvgIpc) is 3.12. The minimum atomic E-state index is -4.53. The molecule has 2 amide bonds. The zero-order valence-electron chi connectivity index (χ0n) is 27.6. The highest BCUT2D eigenvalue weighted by Gasteiger charge is 2.48. The molecule has 4 heterocycles. The van der Waals surface area contributed by atoms with E-state index in [9.17, 15) is 22.8 Å². The van der Waals surface area contributed by atoms with Crippen molar-refractivity contribution in [3.05, 3.63) is 89.0 Å². The SMILES string of the molecule is O=C1c2cc(N3CCN(CCCC4(C(=O)NCC(F)(F)F)c5ccccc5Oc5ccccc54)CC3)ccc2CCN1CC1CCCCO1. The number of benzene rings is 3. The molecular weight excluding hydrogens is 633 g/mol. The maximum atomic E-state index is 13.9. The Hall–Kier alpha value is -4.09. The smallest absolute Gasteiger partial charge is 0.405 e. The number of rotatable bonds is 9. The molecule has 1 N–H and O–H groups in total. The largest absolute Gasteiger partial charge is 0.457 e. The molecular formula is C38H43F3N4O4. The van der Waals surface area contributed by atoms with Crippen LogP contribution in [0.3, 0.4) is 0 Å². The van der Waals surface area contributed by atoms with Crippen LogP contribution in [0, 0.1) is 0 Å². The van der Waals surface area contributed by atoms with Crippen LogP contribution in [-0.2, 0) is 21.4 Å². The number of anilines is 1. The van der Waals surface area contributed by atoms with E-state index in [4.69, 9.17) is 9.47 Å². The van der Waals surface area contributed by atoms with E-state index >= 15 is 0 Å². The van der Waals surface area contributed by atoms with Gasteiger partial charge in [-0.2, -0.15) is 13.2 Å². The Morgan fingerprint density at radius 3 is 2.31 bits per heavy atom. The average molecular weight is 677 g/mol. The molecule has 0 aliphatic carbocycles. The zero-order chi connectivity index (χ0) is 34.0. The number of hydrogen-bond acceptors (Lipinski definition) is 6. The Balaban J connectivity index is 1.01. The molecule has 1 unspecified atom stereocenters. The highest BCUT2D eigenvalue weighted by Crippen LogP contribution is 2.50. The van der Waals surface area contributed by atoms with Gasteiger partial charge in [0.25, 0.3) is 5.91 Å². The Bertz CT molecular complexity index is 1620. The van der Waals surface area contributed by atoms with Crippen LogP contribution in [0.15, 0.2) is 66.7 Å². The minimum Gasteiger partial charge on any atom is -0.457 e. The number of piperazine rings is 1. The second-order valence-electron chi connectivity index (χ2n) is 13.6. The maximum Gasteiger partial charge on any atom is 0.405 e. The van der Waals surface area contributed by atoms with Crippen LogP contribution < -0.4 is 15.0 Å². The van der Waals surface area contributed by atoms with Gasteiger partial charge >= 0.3 is 6.18 Å². The van der Waals surface area contributed by atoms with E-state index in [-0.39, 0.29) is 12.0 Å². The molecule has 8 nitrogen and oxygen atoms in total. The van der Waals surface area contributed by atoms with Crippen molar-refractivity contribution in [2.75, 3.05) is 63.9 Å². The lowest BCUT2D eigenvalue weighted by Crippen LogP contribution is -2.50. The van der Waals surface area contributed by atoms with Crippen molar-refractivity contribution in [1.82, 2.24) is 15.1 Å². The van der Waals surface area contributed by atoms with Gasteiger partial charge in [-0.25, -0.2) is 0 Å². The number of para-hydroxylation sites is 2. The lowest BCUT2D eigenvalue weighted by atomic mass is 9.68. The molecule has 1 atom stereocenters. The van der Waals surface area contributed by atoms with Gasteiger partial charge in [0.05, 0.1) is 6.10 Å². The first-order chi connectivity index (χ1) is 23.7. The molecule has 3 aromatic carbocycles. The Morgan fingerprint density at radius 2 is 1.63 bits per heavy atom. The monoisotopic (exact) mass is 676 g/mol. The molecule has 0 radical (unpaired) electrons. The van der Waals surface area contributed by atoms with Gasteiger partial charge in [-0.05, 0) is 74.9 Å². The Morgan fingerprint density at radius 1 is 0.918 bits per heavy atom. The molecule has 4 aliphatic heterocycles. The molecule has 0 bridgehead atoms. The van der Waals surface area contributed by atoms with Crippen molar-refractivity contribution >= 4 is 17.5 Å². The number of nitrogens with one attached hydrogen (secondary N) is 1. The van der Waals surface area contributed by atoms with Crippen molar-refractivity contribution in [3.63, 3.8) is 0 Å². The number of halogens is 3. The third-order valence-corrected chi connectivity index (χ3v) is 10.5. The van der Waals surface area contributed by atoms with Crippen LogP contribution in [0.1, 0.15) is 59.2 Å². The summed E-state index contributed by atoms with van der Waals surface area (Å²) in [6.45, 7) is 4.58. The second kappa shape index (κ2) is 14.0. The van der Waals surface area contributed by atoms with Crippen molar-refractivity contribution in [3.8, 4) is 11.5 Å². The van der Waals surface area contributed by atoms with Gasteiger partial charge in [0.15, 0.2) is 0 Å². The number of hydrogen-bond donors (Lipinski definition) is 1. The predicted octanol–water partition coefficient (Wildman–Crippen LogP) is 5.93. The second-order valence-corrected chi connectivity index (χ2v) is 13.6. The highest BCUT2D eigenvalue weighted by molar-refractivity contribution is 5.98. The third kappa shape index (κ3) is 7.01. The van der Waals surface area contributed by atoms with Crippen LogP contribution in [-0.4, -0.2) is 92.9 Å². The number of alkyl halides is 3. The number of amides is 2. The summed E-state index contributed by atoms with van der Waals surface area (Å²) in [7, 11) is 0. The normalized spacial score (nSPS) is 20.6. The highest BCUT2D eigenvalue weighted by atomic mass is 19.4. The molecule has 3 aromatic rings. The topological polar surface area (TPSA) is 74.4 Å². The van der Waals surface area contributed by atoms with Gasteiger partial charge in [0.2, 0.25) is 5.91 Å². The quantitative estimate of drug-likeness (QED) is 0.303. The standard InChI is InChI=1S/C38H43F3N4O4/c39-38(40,41)26-42-36(47)37(31-9-1-3-11-33(31)49-34-12-4-2-10-32(34)37)16-7-17-43-19-21-44(22-20-43)28-14-13-27-15-18-45(35(46)30(27)24-28)25-29-8-5-6-23-48-29/h1-4,9-14,24,29H,5-8,15-23,25-26H2,(H,42,47). The fourth-order valence-electron chi connectivity index (χ4n) is 7.91.